The summed E-state index contributed by atoms with van der Waals surface area (Å²) in [6.45, 7) is 2.43. The van der Waals surface area contributed by atoms with Crippen LogP contribution in [0.2, 0.25) is 0 Å². The molecule has 1 fully saturated rings. The van der Waals surface area contributed by atoms with E-state index in [0.29, 0.717) is 12.1 Å². The summed E-state index contributed by atoms with van der Waals surface area (Å²) in [5, 5.41) is 10.6. The lowest BCUT2D eigenvalue weighted by Gasteiger charge is -2.12. The molecule has 0 aromatic heterocycles. The molecule has 0 bridgehead atoms. The first kappa shape index (κ1) is 12.7. The van der Waals surface area contributed by atoms with Crippen LogP contribution < -0.4 is 0 Å². The molecule has 5 heteroatoms. The van der Waals surface area contributed by atoms with E-state index in [4.69, 9.17) is 0 Å². The third-order valence-electron chi connectivity index (χ3n) is 3.12. The van der Waals surface area contributed by atoms with Crippen molar-refractivity contribution in [2.24, 2.45) is 0 Å². The number of ketones is 1. The summed E-state index contributed by atoms with van der Waals surface area (Å²) >= 11 is 0. The van der Waals surface area contributed by atoms with Gasteiger partial charge in [-0.05, 0) is 31.5 Å². The molecule has 0 spiro atoms. The first-order valence-electron chi connectivity index (χ1n) is 6.12. The van der Waals surface area contributed by atoms with E-state index < -0.39 is 4.92 Å². The summed E-state index contributed by atoms with van der Waals surface area (Å²) in [5.74, 6) is 0.123. The van der Waals surface area contributed by atoms with Gasteiger partial charge in [-0.25, -0.2) is 0 Å². The van der Waals surface area contributed by atoms with E-state index in [0.717, 1.165) is 25.9 Å². The van der Waals surface area contributed by atoms with Gasteiger partial charge in [-0.3, -0.25) is 19.8 Å². The average Bonchev–Trinajstić information content (AvgIpc) is 2.82. The fourth-order valence-corrected chi connectivity index (χ4v) is 2.25. The molecule has 5 nitrogen and oxygen atoms in total. The minimum Gasteiger partial charge on any atom is -0.298 e. The Kier molecular flexibility index (Phi) is 4.04. The van der Waals surface area contributed by atoms with E-state index in [2.05, 4.69) is 4.90 Å². The fourth-order valence-electron chi connectivity index (χ4n) is 2.25. The smallest absolute Gasteiger partial charge is 0.269 e. The fraction of sp³-hybridized carbons (Fsp3) is 0.462. The molecule has 0 atom stereocenters. The highest BCUT2D eigenvalue weighted by atomic mass is 16.6. The second-order valence-electron chi connectivity index (χ2n) is 4.63. The highest BCUT2D eigenvalue weighted by Crippen LogP contribution is 2.14. The zero-order valence-corrected chi connectivity index (χ0v) is 10.2. The molecule has 0 N–H and O–H groups in total. The standard InChI is InChI=1S/C13H16N2O3/c16-13(10-14-6-1-2-7-14)9-11-4-3-5-12(8-11)15(17)18/h3-5,8H,1-2,6-7,9-10H2. The van der Waals surface area contributed by atoms with Crippen LogP contribution in [0.1, 0.15) is 18.4 Å². The molecule has 1 aromatic rings. The van der Waals surface area contributed by atoms with Crippen LogP contribution >= 0.6 is 0 Å². The maximum absolute atomic E-state index is 11.8. The largest absolute Gasteiger partial charge is 0.298 e. The Morgan fingerprint density at radius 1 is 1.33 bits per heavy atom. The van der Waals surface area contributed by atoms with Crippen LogP contribution in [-0.2, 0) is 11.2 Å². The molecule has 0 unspecified atom stereocenters. The SMILES string of the molecule is O=C(Cc1cccc([N+](=O)[O-])c1)CN1CCCC1. The number of Topliss-reactive ketones (excluding diaryl/α,β-unsaturated/α-hetero) is 1. The molecule has 1 aromatic carbocycles. The number of nitro groups is 1. The minimum atomic E-state index is -0.436. The highest BCUT2D eigenvalue weighted by molar-refractivity contribution is 5.83. The molecule has 1 saturated heterocycles. The quantitative estimate of drug-likeness (QED) is 0.588. The second-order valence-corrected chi connectivity index (χ2v) is 4.63. The van der Waals surface area contributed by atoms with Crippen LogP contribution in [0.3, 0.4) is 0 Å². The molecule has 0 amide bonds. The molecule has 1 aliphatic heterocycles. The van der Waals surface area contributed by atoms with Crippen molar-refractivity contribution in [3.8, 4) is 0 Å². The number of non-ortho nitro benzene ring substituents is 1. The molecule has 0 aliphatic carbocycles. The highest BCUT2D eigenvalue weighted by Gasteiger charge is 2.16. The average molecular weight is 248 g/mol. The molecule has 96 valence electrons. The van der Waals surface area contributed by atoms with Gasteiger partial charge in [-0.2, -0.15) is 0 Å². The lowest BCUT2D eigenvalue weighted by molar-refractivity contribution is -0.384. The predicted molar refractivity (Wildman–Crippen MR) is 67.5 cm³/mol. The molecular weight excluding hydrogens is 232 g/mol. The van der Waals surface area contributed by atoms with Gasteiger partial charge in [0.25, 0.3) is 5.69 Å². The first-order valence-corrected chi connectivity index (χ1v) is 6.12. The Hall–Kier alpha value is -1.75. The predicted octanol–water partition coefficient (Wildman–Crippen LogP) is 1.80. The van der Waals surface area contributed by atoms with Gasteiger partial charge < -0.3 is 0 Å². The number of nitrogens with zero attached hydrogens (tertiary/aromatic N) is 2. The van der Waals surface area contributed by atoms with E-state index in [1.54, 1.807) is 12.1 Å². The summed E-state index contributed by atoms with van der Waals surface area (Å²) in [4.78, 5) is 24.2. The number of carbonyl (C=O) groups excluding carboxylic acids is 1. The van der Waals surface area contributed by atoms with Gasteiger partial charge in [-0.1, -0.05) is 12.1 Å². The minimum absolute atomic E-state index is 0.0430. The molecule has 1 aliphatic rings. The summed E-state index contributed by atoms with van der Waals surface area (Å²) in [6, 6.07) is 6.29. The first-order chi connectivity index (χ1) is 8.65. The van der Waals surface area contributed by atoms with E-state index in [1.165, 1.54) is 12.1 Å². The number of rotatable bonds is 5. The molecule has 0 radical (unpaired) electrons. The number of benzene rings is 1. The second kappa shape index (κ2) is 5.73. The van der Waals surface area contributed by atoms with Gasteiger partial charge >= 0.3 is 0 Å². The summed E-state index contributed by atoms with van der Waals surface area (Å²) in [7, 11) is 0. The van der Waals surface area contributed by atoms with Gasteiger partial charge in [0, 0.05) is 18.6 Å². The number of hydrogen-bond acceptors (Lipinski definition) is 4. The number of carbonyl (C=O) groups is 1. The van der Waals surface area contributed by atoms with E-state index in [-0.39, 0.29) is 17.9 Å². The molecular formula is C13H16N2O3. The lowest BCUT2D eigenvalue weighted by atomic mass is 10.1. The van der Waals surface area contributed by atoms with Gasteiger partial charge in [0.05, 0.1) is 11.5 Å². The van der Waals surface area contributed by atoms with Gasteiger partial charge in [0.15, 0.2) is 5.78 Å². The van der Waals surface area contributed by atoms with Gasteiger partial charge in [0.2, 0.25) is 0 Å². The third kappa shape index (κ3) is 3.37. The zero-order chi connectivity index (χ0) is 13.0. The van der Waals surface area contributed by atoms with Crippen LogP contribution in [-0.4, -0.2) is 35.2 Å². The van der Waals surface area contributed by atoms with Crippen molar-refractivity contribution in [2.45, 2.75) is 19.3 Å². The van der Waals surface area contributed by atoms with Crippen molar-refractivity contribution in [1.82, 2.24) is 4.90 Å². The van der Waals surface area contributed by atoms with Gasteiger partial charge in [-0.15, -0.1) is 0 Å². The summed E-state index contributed by atoms with van der Waals surface area (Å²) in [6.07, 6.45) is 2.59. The van der Waals surface area contributed by atoms with E-state index in [9.17, 15) is 14.9 Å². The topological polar surface area (TPSA) is 63.4 Å². The molecule has 2 rings (SSSR count). The molecule has 0 saturated carbocycles. The van der Waals surface area contributed by atoms with Crippen molar-refractivity contribution in [3.05, 3.63) is 39.9 Å². The summed E-state index contributed by atoms with van der Waals surface area (Å²) in [5.41, 5.74) is 0.759. The summed E-state index contributed by atoms with van der Waals surface area (Å²) < 4.78 is 0. The van der Waals surface area contributed by atoms with Crippen molar-refractivity contribution in [1.29, 1.82) is 0 Å². The Labute approximate surface area is 106 Å². The maximum atomic E-state index is 11.8. The van der Waals surface area contributed by atoms with E-state index >= 15 is 0 Å². The van der Waals surface area contributed by atoms with Crippen molar-refractivity contribution >= 4 is 11.5 Å². The number of hydrogen-bond donors (Lipinski definition) is 0. The lowest BCUT2D eigenvalue weighted by Crippen LogP contribution is -2.27. The van der Waals surface area contributed by atoms with Crippen LogP contribution in [0, 0.1) is 10.1 Å². The Morgan fingerprint density at radius 2 is 2.06 bits per heavy atom. The third-order valence-corrected chi connectivity index (χ3v) is 3.12. The molecule has 1 heterocycles. The van der Waals surface area contributed by atoms with Gasteiger partial charge in [0.1, 0.15) is 0 Å². The van der Waals surface area contributed by atoms with E-state index in [1.807, 2.05) is 0 Å². The Bertz CT molecular complexity index is 453. The monoisotopic (exact) mass is 248 g/mol. The van der Waals surface area contributed by atoms with Crippen molar-refractivity contribution < 1.29 is 9.72 Å². The van der Waals surface area contributed by atoms with Crippen molar-refractivity contribution in [3.63, 3.8) is 0 Å². The number of nitro benzene ring substituents is 1. The van der Waals surface area contributed by atoms with Crippen LogP contribution in [0.25, 0.3) is 0 Å². The Morgan fingerprint density at radius 3 is 2.72 bits per heavy atom. The zero-order valence-electron chi connectivity index (χ0n) is 10.2. The normalized spacial score (nSPS) is 15.8. The Balaban J connectivity index is 1.93. The van der Waals surface area contributed by atoms with Crippen LogP contribution in [0.4, 0.5) is 5.69 Å². The van der Waals surface area contributed by atoms with Crippen molar-refractivity contribution in [2.75, 3.05) is 19.6 Å². The maximum Gasteiger partial charge on any atom is 0.269 e. The molecule has 18 heavy (non-hydrogen) atoms. The van der Waals surface area contributed by atoms with Crippen LogP contribution in [0.5, 0.6) is 0 Å². The van der Waals surface area contributed by atoms with Crippen LogP contribution in [0.15, 0.2) is 24.3 Å². The number of likely N-dealkylation sites (tertiary alicyclic amines) is 1.